The van der Waals surface area contributed by atoms with Crippen molar-refractivity contribution in [1.29, 1.82) is 0 Å². The standard InChI is InChI=1S/C19H18N4O2/c1-2-5-17-18(24)21-15-6-3-4-7-16(15)23(17)19(25)13-8-9-22-12-20-11-14(22)10-13/h3-4,6-12,17H,2,5H2,1H3,(H,21,24). The van der Waals surface area contributed by atoms with E-state index < -0.39 is 6.04 Å². The summed E-state index contributed by atoms with van der Waals surface area (Å²) in [4.78, 5) is 31.5. The SMILES string of the molecule is CCCC1C(=O)Nc2ccccc2N1C(=O)c1ccn2cncc2c1. The van der Waals surface area contributed by atoms with Crippen LogP contribution in [0.1, 0.15) is 30.1 Å². The number of rotatable bonds is 3. The minimum absolute atomic E-state index is 0.140. The first kappa shape index (κ1) is 15.4. The van der Waals surface area contributed by atoms with Crippen molar-refractivity contribution >= 4 is 28.7 Å². The van der Waals surface area contributed by atoms with Crippen LogP contribution in [0.15, 0.2) is 55.1 Å². The molecule has 6 nitrogen and oxygen atoms in total. The van der Waals surface area contributed by atoms with Gasteiger partial charge in [0, 0.05) is 11.8 Å². The summed E-state index contributed by atoms with van der Waals surface area (Å²) >= 11 is 0. The topological polar surface area (TPSA) is 66.7 Å². The Morgan fingerprint density at radius 1 is 1.28 bits per heavy atom. The molecule has 0 saturated carbocycles. The number of para-hydroxylation sites is 2. The molecule has 0 aliphatic carbocycles. The molecule has 1 aliphatic rings. The lowest BCUT2D eigenvalue weighted by Gasteiger charge is -2.36. The molecule has 1 N–H and O–H groups in total. The van der Waals surface area contributed by atoms with Crippen LogP contribution >= 0.6 is 0 Å². The summed E-state index contributed by atoms with van der Waals surface area (Å²) in [6.45, 7) is 2.01. The maximum atomic E-state index is 13.3. The third-order valence-electron chi connectivity index (χ3n) is 4.48. The van der Waals surface area contributed by atoms with E-state index >= 15 is 0 Å². The molecule has 4 rings (SSSR count). The third kappa shape index (κ3) is 2.55. The monoisotopic (exact) mass is 334 g/mol. The van der Waals surface area contributed by atoms with Crippen molar-refractivity contribution in [3.05, 3.63) is 60.7 Å². The fourth-order valence-corrected chi connectivity index (χ4v) is 3.27. The van der Waals surface area contributed by atoms with Crippen LogP contribution in [-0.2, 0) is 4.79 Å². The van der Waals surface area contributed by atoms with E-state index in [1.807, 2.05) is 35.6 Å². The predicted molar refractivity (Wildman–Crippen MR) is 95.8 cm³/mol. The number of fused-ring (bicyclic) bond motifs is 2. The molecular weight excluding hydrogens is 316 g/mol. The number of hydrogen-bond acceptors (Lipinski definition) is 3. The van der Waals surface area contributed by atoms with E-state index in [4.69, 9.17) is 0 Å². The molecule has 0 fully saturated rings. The molecule has 2 amide bonds. The number of carbonyl (C=O) groups excluding carboxylic acids is 2. The van der Waals surface area contributed by atoms with Gasteiger partial charge in [-0.05, 0) is 30.7 Å². The number of pyridine rings is 1. The Morgan fingerprint density at radius 2 is 2.12 bits per heavy atom. The van der Waals surface area contributed by atoms with Gasteiger partial charge in [-0.15, -0.1) is 0 Å². The van der Waals surface area contributed by atoms with E-state index in [-0.39, 0.29) is 11.8 Å². The molecular formula is C19H18N4O2. The van der Waals surface area contributed by atoms with Gasteiger partial charge in [-0.2, -0.15) is 0 Å². The van der Waals surface area contributed by atoms with Gasteiger partial charge in [-0.1, -0.05) is 25.5 Å². The lowest BCUT2D eigenvalue weighted by atomic mass is 10.0. The van der Waals surface area contributed by atoms with E-state index in [1.165, 1.54) is 0 Å². The Balaban J connectivity index is 1.81. The van der Waals surface area contributed by atoms with Crippen LogP contribution in [0.5, 0.6) is 0 Å². The van der Waals surface area contributed by atoms with Gasteiger partial charge >= 0.3 is 0 Å². The number of benzene rings is 1. The smallest absolute Gasteiger partial charge is 0.259 e. The molecule has 0 spiro atoms. The molecule has 1 atom stereocenters. The molecule has 2 aromatic heterocycles. The molecule has 3 aromatic rings. The highest BCUT2D eigenvalue weighted by atomic mass is 16.2. The Morgan fingerprint density at radius 3 is 2.96 bits per heavy atom. The van der Waals surface area contributed by atoms with E-state index in [2.05, 4.69) is 10.3 Å². The van der Waals surface area contributed by atoms with Crippen LogP contribution in [0.2, 0.25) is 0 Å². The molecule has 0 saturated heterocycles. The summed E-state index contributed by atoms with van der Waals surface area (Å²) in [5, 5.41) is 2.91. The van der Waals surface area contributed by atoms with E-state index in [0.717, 1.165) is 17.6 Å². The third-order valence-corrected chi connectivity index (χ3v) is 4.48. The molecule has 6 heteroatoms. The minimum atomic E-state index is -0.506. The summed E-state index contributed by atoms with van der Waals surface area (Å²) in [5.74, 6) is -0.316. The molecule has 126 valence electrons. The zero-order chi connectivity index (χ0) is 17.4. The first-order chi connectivity index (χ1) is 12.2. The number of amides is 2. The van der Waals surface area contributed by atoms with Gasteiger partial charge in [-0.25, -0.2) is 4.98 Å². The highest BCUT2D eigenvalue weighted by Crippen LogP contribution is 2.34. The largest absolute Gasteiger partial charge is 0.322 e. The average molecular weight is 334 g/mol. The Hall–Kier alpha value is -3.15. The van der Waals surface area contributed by atoms with Gasteiger partial charge in [0.15, 0.2) is 0 Å². The average Bonchev–Trinajstić information content (AvgIpc) is 3.09. The zero-order valence-electron chi connectivity index (χ0n) is 13.8. The lowest BCUT2D eigenvalue weighted by molar-refractivity contribution is -0.117. The number of nitrogens with one attached hydrogen (secondary N) is 1. The zero-order valence-corrected chi connectivity index (χ0v) is 13.8. The van der Waals surface area contributed by atoms with Crippen LogP contribution < -0.4 is 10.2 Å². The summed E-state index contributed by atoms with van der Waals surface area (Å²) in [6.07, 6.45) is 6.62. The maximum absolute atomic E-state index is 13.3. The summed E-state index contributed by atoms with van der Waals surface area (Å²) in [5.41, 5.74) is 2.78. The van der Waals surface area contributed by atoms with Crippen LogP contribution in [0, 0.1) is 0 Å². The summed E-state index contributed by atoms with van der Waals surface area (Å²) in [6, 6.07) is 10.5. The van der Waals surface area contributed by atoms with Crippen molar-refractivity contribution in [1.82, 2.24) is 9.38 Å². The van der Waals surface area contributed by atoms with Gasteiger partial charge < -0.3 is 9.72 Å². The quantitative estimate of drug-likeness (QED) is 0.800. The normalized spacial score (nSPS) is 16.6. The maximum Gasteiger partial charge on any atom is 0.259 e. The molecule has 1 aromatic carbocycles. The highest BCUT2D eigenvalue weighted by Gasteiger charge is 2.36. The fourth-order valence-electron chi connectivity index (χ4n) is 3.27. The Labute approximate surface area is 145 Å². The number of hydrogen-bond donors (Lipinski definition) is 1. The second-order valence-electron chi connectivity index (χ2n) is 6.13. The molecule has 1 unspecified atom stereocenters. The van der Waals surface area contributed by atoms with Gasteiger partial charge in [0.25, 0.3) is 5.91 Å². The van der Waals surface area contributed by atoms with Crippen molar-refractivity contribution < 1.29 is 9.59 Å². The summed E-state index contributed by atoms with van der Waals surface area (Å²) < 4.78 is 1.84. The van der Waals surface area contributed by atoms with Crippen LogP contribution in [0.4, 0.5) is 11.4 Å². The first-order valence-corrected chi connectivity index (χ1v) is 8.34. The van der Waals surface area contributed by atoms with Crippen LogP contribution in [-0.4, -0.2) is 27.2 Å². The minimum Gasteiger partial charge on any atom is -0.322 e. The molecule has 3 heterocycles. The van der Waals surface area contributed by atoms with Gasteiger partial charge in [0.05, 0.1) is 29.4 Å². The Bertz CT molecular complexity index is 963. The first-order valence-electron chi connectivity index (χ1n) is 8.34. The van der Waals surface area contributed by atoms with Crippen LogP contribution in [0.3, 0.4) is 0 Å². The van der Waals surface area contributed by atoms with E-state index in [9.17, 15) is 9.59 Å². The van der Waals surface area contributed by atoms with E-state index in [0.29, 0.717) is 17.7 Å². The van der Waals surface area contributed by atoms with Crippen molar-refractivity contribution in [2.75, 3.05) is 10.2 Å². The number of aromatic nitrogens is 2. The molecule has 0 radical (unpaired) electrons. The fraction of sp³-hybridized carbons (Fsp3) is 0.211. The van der Waals surface area contributed by atoms with Crippen molar-refractivity contribution in [2.24, 2.45) is 0 Å². The predicted octanol–water partition coefficient (Wildman–Crippen LogP) is 3.10. The second-order valence-corrected chi connectivity index (χ2v) is 6.13. The van der Waals surface area contributed by atoms with Crippen LogP contribution in [0.25, 0.3) is 5.52 Å². The van der Waals surface area contributed by atoms with Gasteiger partial charge in [0.2, 0.25) is 5.91 Å². The van der Waals surface area contributed by atoms with Gasteiger partial charge in [-0.3, -0.25) is 14.5 Å². The molecule has 25 heavy (non-hydrogen) atoms. The number of anilines is 2. The second kappa shape index (κ2) is 6.05. The number of nitrogens with zero attached hydrogens (tertiary/aromatic N) is 3. The summed E-state index contributed by atoms with van der Waals surface area (Å²) in [7, 11) is 0. The van der Waals surface area contributed by atoms with Crippen molar-refractivity contribution in [3.63, 3.8) is 0 Å². The van der Waals surface area contributed by atoms with E-state index in [1.54, 1.807) is 35.8 Å². The molecule has 0 bridgehead atoms. The highest BCUT2D eigenvalue weighted by molar-refractivity contribution is 6.16. The van der Waals surface area contributed by atoms with Gasteiger partial charge in [0.1, 0.15) is 6.04 Å². The van der Waals surface area contributed by atoms with Crippen molar-refractivity contribution in [2.45, 2.75) is 25.8 Å². The molecule has 1 aliphatic heterocycles. The Kier molecular flexibility index (Phi) is 3.72. The van der Waals surface area contributed by atoms with Crippen molar-refractivity contribution in [3.8, 4) is 0 Å². The number of imidazole rings is 1. The number of carbonyl (C=O) groups is 2. The lowest BCUT2D eigenvalue weighted by Crippen LogP contribution is -2.51.